The largest absolute Gasteiger partial charge is 0.446 e. The van der Waals surface area contributed by atoms with E-state index in [0.29, 0.717) is 5.56 Å². The van der Waals surface area contributed by atoms with E-state index in [1.807, 2.05) is 60.7 Å². The normalized spacial score (nSPS) is 12.2. The molecule has 0 heterocycles. The smallest absolute Gasteiger partial charge is 0.408 e. The van der Waals surface area contributed by atoms with Crippen LogP contribution in [-0.4, -0.2) is 24.0 Å². The summed E-state index contributed by atoms with van der Waals surface area (Å²) in [6.07, 6.45) is -1.90. The number of amides is 2. The fraction of sp³-hybridized carbons (Fsp3) is 0.160. The maximum atomic E-state index is 12.9. The third-order valence-corrected chi connectivity index (χ3v) is 4.67. The van der Waals surface area contributed by atoms with Crippen LogP contribution < -0.4 is 11.1 Å². The summed E-state index contributed by atoms with van der Waals surface area (Å²) in [6, 6.07) is 25.7. The van der Waals surface area contributed by atoms with E-state index in [4.69, 9.17) is 15.2 Å². The monoisotopic (exact) mass is 432 g/mol. The Balaban J connectivity index is 1.71. The SMILES string of the molecule is NC(=O)C(OC(=O)[C@H](Cc1ccccc1)NC(=O)OCc1ccccc1)c1ccccc1. The van der Waals surface area contributed by atoms with Gasteiger partial charge < -0.3 is 20.5 Å². The predicted octanol–water partition coefficient (Wildman–Crippen LogP) is 3.29. The van der Waals surface area contributed by atoms with Crippen molar-refractivity contribution in [1.82, 2.24) is 5.32 Å². The Morgan fingerprint density at radius 1 is 0.781 bits per heavy atom. The van der Waals surface area contributed by atoms with Gasteiger partial charge in [0.05, 0.1) is 0 Å². The molecular formula is C25H24N2O5. The molecular weight excluding hydrogens is 408 g/mol. The Morgan fingerprint density at radius 2 is 1.31 bits per heavy atom. The summed E-state index contributed by atoms with van der Waals surface area (Å²) in [5, 5.41) is 2.54. The number of alkyl carbamates (subject to hydrolysis) is 1. The van der Waals surface area contributed by atoms with Gasteiger partial charge in [-0.15, -0.1) is 0 Å². The van der Waals surface area contributed by atoms with Crippen LogP contribution in [0.5, 0.6) is 0 Å². The van der Waals surface area contributed by atoms with Gasteiger partial charge in [-0.25, -0.2) is 9.59 Å². The molecule has 0 aliphatic heterocycles. The summed E-state index contributed by atoms with van der Waals surface area (Å²) in [4.78, 5) is 37.3. The zero-order valence-corrected chi connectivity index (χ0v) is 17.3. The molecule has 3 N–H and O–H groups in total. The molecule has 2 atom stereocenters. The number of esters is 1. The number of hydrogen-bond acceptors (Lipinski definition) is 5. The number of primary amides is 1. The third-order valence-electron chi connectivity index (χ3n) is 4.67. The van der Waals surface area contributed by atoms with Crippen molar-refractivity contribution in [2.75, 3.05) is 0 Å². The summed E-state index contributed by atoms with van der Waals surface area (Å²) in [5.41, 5.74) is 7.51. The van der Waals surface area contributed by atoms with Crippen LogP contribution in [0.1, 0.15) is 22.8 Å². The Morgan fingerprint density at radius 3 is 1.88 bits per heavy atom. The highest BCUT2D eigenvalue weighted by Crippen LogP contribution is 2.18. The van der Waals surface area contributed by atoms with Crippen molar-refractivity contribution >= 4 is 18.0 Å². The first kappa shape index (κ1) is 22.6. The van der Waals surface area contributed by atoms with Crippen molar-refractivity contribution in [3.63, 3.8) is 0 Å². The van der Waals surface area contributed by atoms with Crippen molar-refractivity contribution in [2.45, 2.75) is 25.2 Å². The Labute approximate surface area is 186 Å². The molecule has 0 spiro atoms. The summed E-state index contributed by atoms with van der Waals surface area (Å²) >= 11 is 0. The van der Waals surface area contributed by atoms with Crippen molar-refractivity contribution in [2.24, 2.45) is 5.73 Å². The van der Waals surface area contributed by atoms with Gasteiger partial charge in [0.15, 0.2) is 0 Å². The molecule has 3 rings (SSSR count). The lowest BCUT2D eigenvalue weighted by Gasteiger charge is -2.21. The van der Waals surface area contributed by atoms with Crippen LogP contribution in [0.15, 0.2) is 91.0 Å². The molecule has 2 amide bonds. The number of carbonyl (C=O) groups is 3. The maximum absolute atomic E-state index is 12.9. The Bertz CT molecular complexity index is 1030. The molecule has 0 aromatic heterocycles. The first-order chi connectivity index (χ1) is 15.5. The molecule has 0 aliphatic carbocycles. The third kappa shape index (κ3) is 6.70. The Kier molecular flexibility index (Phi) is 7.97. The van der Waals surface area contributed by atoms with Gasteiger partial charge in [0.1, 0.15) is 12.6 Å². The highest BCUT2D eigenvalue weighted by molar-refractivity contribution is 5.86. The van der Waals surface area contributed by atoms with Gasteiger partial charge in [-0.1, -0.05) is 91.0 Å². The van der Waals surface area contributed by atoms with E-state index in [9.17, 15) is 14.4 Å². The second kappa shape index (κ2) is 11.3. The summed E-state index contributed by atoms with van der Waals surface area (Å²) in [7, 11) is 0. The average Bonchev–Trinajstić information content (AvgIpc) is 2.82. The molecule has 1 unspecified atom stereocenters. The molecule has 0 saturated heterocycles. The summed E-state index contributed by atoms with van der Waals surface area (Å²) < 4.78 is 10.6. The number of carbonyl (C=O) groups excluding carboxylic acids is 3. The number of nitrogens with one attached hydrogen (secondary N) is 1. The lowest BCUT2D eigenvalue weighted by atomic mass is 10.1. The first-order valence-electron chi connectivity index (χ1n) is 10.1. The second-order valence-corrected chi connectivity index (χ2v) is 7.08. The quantitative estimate of drug-likeness (QED) is 0.505. The van der Waals surface area contributed by atoms with Gasteiger partial charge in [-0.05, 0) is 11.1 Å². The molecule has 0 bridgehead atoms. The molecule has 32 heavy (non-hydrogen) atoms. The predicted molar refractivity (Wildman–Crippen MR) is 118 cm³/mol. The van der Waals surface area contributed by atoms with Gasteiger partial charge in [0, 0.05) is 12.0 Å². The Hall–Kier alpha value is -4.13. The number of benzene rings is 3. The van der Waals surface area contributed by atoms with E-state index in [-0.39, 0.29) is 13.0 Å². The van der Waals surface area contributed by atoms with Crippen LogP contribution in [0.4, 0.5) is 4.79 Å². The minimum Gasteiger partial charge on any atom is -0.446 e. The lowest BCUT2D eigenvalue weighted by Crippen LogP contribution is -2.44. The fourth-order valence-electron chi connectivity index (χ4n) is 3.07. The minimum absolute atomic E-state index is 0.0493. The van der Waals surface area contributed by atoms with Crippen molar-refractivity contribution < 1.29 is 23.9 Å². The van der Waals surface area contributed by atoms with Crippen molar-refractivity contribution in [1.29, 1.82) is 0 Å². The van der Waals surface area contributed by atoms with Crippen LogP contribution in [0.25, 0.3) is 0 Å². The van der Waals surface area contributed by atoms with E-state index in [2.05, 4.69) is 5.32 Å². The van der Waals surface area contributed by atoms with E-state index in [0.717, 1.165) is 11.1 Å². The van der Waals surface area contributed by atoms with Gasteiger partial charge in [0.25, 0.3) is 5.91 Å². The minimum atomic E-state index is -1.27. The van der Waals surface area contributed by atoms with Crippen LogP contribution >= 0.6 is 0 Å². The van der Waals surface area contributed by atoms with E-state index in [1.54, 1.807) is 30.3 Å². The van der Waals surface area contributed by atoms with Gasteiger partial charge in [-0.3, -0.25) is 4.79 Å². The molecule has 3 aromatic carbocycles. The summed E-state index contributed by atoms with van der Waals surface area (Å²) in [5.74, 6) is -1.60. The maximum Gasteiger partial charge on any atom is 0.408 e. The van der Waals surface area contributed by atoms with Gasteiger partial charge in [0.2, 0.25) is 6.10 Å². The standard InChI is InChI=1S/C25H24N2O5/c26-23(28)22(20-14-8-3-9-15-20)32-24(29)21(16-18-10-4-1-5-11-18)27-25(30)31-17-19-12-6-2-7-13-19/h1-15,21-22H,16-17H2,(H2,26,28)(H,27,30)/t21-,22?/m0/s1. The highest BCUT2D eigenvalue weighted by atomic mass is 16.6. The number of hydrogen-bond donors (Lipinski definition) is 2. The van der Waals surface area contributed by atoms with Crippen LogP contribution in [0.2, 0.25) is 0 Å². The zero-order chi connectivity index (χ0) is 22.8. The van der Waals surface area contributed by atoms with Crippen LogP contribution in [0.3, 0.4) is 0 Å². The number of rotatable bonds is 9. The highest BCUT2D eigenvalue weighted by Gasteiger charge is 2.29. The van der Waals surface area contributed by atoms with Crippen LogP contribution in [0, 0.1) is 0 Å². The molecule has 3 aromatic rings. The molecule has 0 aliphatic rings. The fourth-order valence-corrected chi connectivity index (χ4v) is 3.07. The molecule has 7 heteroatoms. The molecule has 0 saturated carbocycles. The van der Waals surface area contributed by atoms with Crippen LogP contribution in [-0.2, 0) is 32.1 Å². The molecule has 7 nitrogen and oxygen atoms in total. The number of nitrogens with two attached hydrogens (primary N) is 1. The second-order valence-electron chi connectivity index (χ2n) is 7.08. The molecule has 0 fully saturated rings. The summed E-state index contributed by atoms with van der Waals surface area (Å²) in [6.45, 7) is 0.0493. The van der Waals surface area contributed by atoms with Crippen molar-refractivity contribution in [3.05, 3.63) is 108 Å². The topological polar surface area (TPSA) is 108 Å². The van der Waals surface area contributed by atoms with Gasteiger partial charge >= 0.3 is 12.1 Å². The van der Waals surface area contributed by atoms with Crippen molar-refractivity contribution in [3.8, 4) is 0 Å². The van der Waals surface area contributed by atoms with E-state index >= 15 is 0 Å². The van der Waals surface area contributed by atoms with E-state index < -0.39 is 30.1 Å². The zero-order valence-electron chi connectivity index (χ0n) is 17.3. The first-order valence-corrected chi connectivity index (χ1v) is 10.1. The lowest BCUT2D eigenvalue weighted by molar-refractivity contribution is -0.157. The molecule has 0 radical (unpaired) electrons. The average molecular weight is 432 g/mol. The van der Waals surface area contributed by atoms with Gasteiger partial charge in [-0.2, -0.15) is 0 Å². The van der Waals surface area contributed by atoms with E-state index in [1.165, 1.54) is 0 Å². The molecule has 164 valence electrons. The number of ether oxygens (including phenoxy) is 2.